The van der Waals surface area contributed by atoms with Crippen molar-refractivity contribution < 1.29 is 0 Å². The van der Waals surface area contributed by atoms with Crippen LogP contribution in [0, 0.1) is 17.3 Å². The van der Waals surface area contributed by atoms with Crippen LogP contribution >= 0.6 is 0 Å². The molecule has 2 rings (SSSR count). The Morgan fingerprint density at radius 3 is 2.87 bits per heavy atom. The number of allylic oxidation sites excluding steroid dienone is 3. The van der Waals surface area contributed by atoms with Crippen LogP contribution in [0.2, 0.25) is 0 Å². The van der Waals surface area contributed by atoms with E-state index in [1.165, 1.54) is 37.7 Å². The lowest BCUT2D eigenvalue weighted by Crippen LogP contribution is -2.32. The lowest BCUT2D eigenvalue weighted by atomic mass is 9.62. The van der Waals surface area contributed by atoms with Gasteiger partial charge in [-0.25, -0.2) is 0 Å². The first kappa shape index (κ1) is 11.0. The highest BCUT2D eigenvalue weighted by atomic mass is 14.4. The molecule has 2 atom stereocenters. The topological polar surface area (TPSA) is 0 Å². The lowest BCUT2D eigenvalue weighted by Gasteiger charge is -2.43. The molecule has 2 aliphatic carbocycles. The maximum atomic E-state index is 4.31. The fourth-order valence-electron chi connectivity index (χ4n) is 3.40. The van der Waals surface area contributed by atoms with Crippen molar-refractivity contribution in [1.29, 1.82) is 0 Å². The highest BCUT2D eigenvalue weighted by Crippen LogP contribution is 2.48. The first-order valence-corrected chi connectivity index (χ1v) is 6.35. The lowest BCUT2D eigenvalue weighted by molar-refractivity contribution is 0.169. The molecule has 0 nitrogen and oxygen atoms in total. The highest BCUT2D eigenvalue weighted by Gasteiger charge is 2.37. The second-order valence-electron chi connectivity index (χ2n) is 6.16. The molecule has 0 aromatic carbocycles. The molecule has 0 aliphatic heterocycles. The molecule has 1 fully saturated rings. The molecule has 0 aromatic heterocycles. The van der Waals surface area contributed by atoms with Crippen LogP contribution in [-0.2, 0) is 0 Å². The van der Waals surface area contributed by atoms with E-state index in [1.807, 2.05) is 0 Å². The van der Waals surface area contributed by atoms with Crippen LogP contribution < -0.4 is 0 Å². The van der Waals surface area contributed by atoms with Crippen LogP contribution in [0.1, 0.15) is 52.9 Å². The maximum Gasteiger partial charge on any atom is -0.0149 e. The van der Waals surface area contributed by atoms with Gasteiger partial charge in [0.2, 0.25) is 0 Å². The summed E-state index contributed by atoms with van der Waals surface area (Å²) >= 11 is 0. The van der Waals surface area contributed by atoms with Crippen molar-refractivity contribution in [2.24, 2.45) is 17.3 Å². The predicted molar refractivity (Wildman–Crippen MR) is 66.7 cm³/mol. The number of hydrogen-bond donors (Lipinski definition) is 0. The van der Waals surface area contributed by atoms with Crippen molar-refractivity contribution in [1.82, 2.24) is 0 Å². The summed E-state index contributed by atoms with van der Waals surface area (Å²) in [5, 5.41) is 0. The molecular formula is C15H24. The Kier molecular flexibility index (Phi) is 2.79. The molecule has 0 aromatic rings. The first-order valence-electron chi connectivity index (χ1n) is 6.35. The Morgan fingerprint density at radius 2 is 2.13 bits per heavy atom. The average molecular weight is 204 g/mol. The summed E-state index contributed by atoms with van der Waals surface area (Å²) in [6.45, 7) is 11.5. The number of rotatable bonds is 0. The summed E-state index contributed by atoms with van der Waals surface area (Å²) in [5.74, 6) is 1.61. The molecule has 15 heavy (non-hydrogen) atoms. The van der Waals surface area contributed by atoms with Crippen LogP contribution in [0.4, 0.5) is 0 Å². The summed E-state index contributed by atoms with van der Waals surface area (Å²) in [7, 11) is 0. The summed E-state index contributed by atoms with van der Waals surface area (Å²) in [6, 6.07) is 0. The summed E-state index contributed by atoms with van der Waals surface area (Å²) < 4.78 is 0. The smallest absolute Gasteiger partial charge is 0.0149 e. The quantitative estimate of drug-likeness (QED) is 0.501. The number of fused-ring (bicyclic) bond motifs is 2. The van der Waals surface area contributed by atoms with E-state index in [9.17, 15) is 0 Å². The third kappa shape index (κ3) is 2.04. The van der Waals surface area contributed by atoms with E-state index in [2.05, 4.69) is 33.4 Å². The van der Waals surface area contributed by atoms with Gasteiger partial charge in [0.05, 0.1) is 0 Å². The van der Waals surface area contributed by atoms with Crippen molar-refractivity contribution in [2.75, 3.05) is 0 Å². The average Bonchev–Trinajstić information content (AvgIpc) is 2.16. The molecule has 0 unspecified atom stereocenters. The normalized spacial score (nSPS) is 35.4. The van der Waals surface area contributed by atoms with Crippen molar-refractivity contribution in [3.05, 3.63) is 23.8 Å². The van der Waals surface area contributed by atoms with E-state index >= 15 is 0 Å². The van der Waals surface area contributed by atoms with Gasteiger partial charge in [-0.1, -0.05) is 37.6 Å². The minimum absolute atomic E-state index is 0.465. The fourth-order valence-corrected chi connectivity index (χ4v) is 3.40. The third-order valence-electron chi connectivity index (χ3n) is 4.67. The molecule has 1 saturated carbocycles. The van der Waals surface area contributed by atoms with Gasteiger partial charge in [-0.3, -0.25) is 0 Å². The Bertz CT molecular complexity index is 293. The monoisotopic (exact) mass is 204 g/mol. The molecule has 0 spiro atoms. The minimum Gasteiger partial charge on any atom is -0.0996 e. The third-order valence-corrected chi connectivity index (χ3v) is 4.67. The first-order chi connectivity index (χ1) is 7.00. The molecule has 0 saturated heterocycles. The van der Waals surface area contributed by atoms with E-state index in [0.29, 0.717) is 5.41 Å². The predicted octanol–water partition coefficient (Wildman–Crippen LogP) is 4.73. The Labute approximate surface area is 94.5 Å². The zero-order chi connectivity index (χ0) is 11.1. The van der Waals surface area contributed by atoms with Crippen LogP contribution in [0.3, 0.4) is 0 Å². The highest BCUT2D eigenvalue weighted by molar-refractivity contribution is 5.17. The van der Waals surface area contributed by atoms with Crippen molar-refractivity contribution in [3.8, 4) is 0 Å². The van der Waals surface area contributed by atoms with Gasteiger partial charge >= 0.3 is 0 Å². The van der Waals surface area contributed by atoms with E-state index in [-0.39, 0.29) is 0 Å². The van der Waals surface area contributed by atoms with Gasteiger partial charge in [0.1, 0.15) is 0 Å². The molecule has 0 radical (unpaired) electrons. The molecular weight excluding hydrogens is 180 g/mol. The molecule has 0 N–H and O–H groups in total. The second kappa shape index (κ2) is 3.81. The zero-order valence-corrected chi connectivity index (χ0v) is 10.5. The maximum absolute atomic E-state index is 4.31. The van der Waals surface area contributed by atoms with E-state index in [4.69, 9.17) is 0 Å². The van der Waals surface area contributed by atoms with Crippen molar-refractivity contribution in [2.45, 2.75) is 52.9 Å². The Morgan fingerprint density at radius 1 is 1.40 bits per heavy atom. The Balaban J connectivity index is 2.29. The van der Waals surface area contributed by atoms with Gasteiger partial charge in [-0.15, -0.1) is 0 Å². The van der Waals surface area contributed by atoms with Crippen molar-refractivity contribution >= 4 is 0 Å². The number of hydrogen-bond acceptors (Lipinski definition) is 0. The van der Waals surface area contributed by atoms with Crippen LogP contribution in [-0.4, -0.2) is 0 Å². The largest absolute Gasteiger partial charge is 0.0996 e. The summed E-state index contributed by atoms with van der Waals surface area (Å²) in [5.41, 5.74) is 3.63. The van der Waals surface area contributed by atoms with Crippen LogP contribution in [0.25, 0.3) is 0 Å². The summed E-state index contributed by atoms with van der Waals surface area (Å²) in [4.78, 5) is 0. The zero-order valence-electron chi connectivity index (χ0n) is 10.5. The van der Waals surface area contributed by atoms with E-state index < -0.39 is 0 Å². The molecule has 0 heterocycles. The molecule has 2 bridgehead atoms. The molecule has 2 aliphatic rings. The fraction of sp³-hybridized carbons (Fsp3) is 0.733. The van der Waals surface area contributed by atoms with Gasteiger partial charge in [-0.05, 0) is 56.3 Å². The van der Waals surface area contributed by atoms with Gasteiger partial charge in [0.25, 0.3) is 0 Å². The van der Waals surface area contributed by atoms with E-state index in [0.717, 1.165) is 11.8 Å². The van der Waals surface area contributed by atoms with Gasteiger partial charge < -0.3 is 0 Å². The van der Waals surface area contributed by atoms with Crippen molar-refractivity contribution in [3.63, 3.8) is 0 Å². The van der Waals surface area contributed by atoms with Crippen LogP contribution in [0.5, 0.6) is 0 Å². The Hall–Kier alpha value is -0.520. The second-order valence-corrected chi connectivity index (χ2v) is 6.16. The minimum atomic E-state index is 0.465. The van der Waals surface area contributed by atoms with Gasteiger partial charge in [0, 0.05) is 0 Å². The summed E-state index contributed by atoms with van der Waals surface area (Å²) in [6.07, 6.45) is 9.02. The molecule has 84 valence electrons. The van der Waals surface area contributed by atoms with Gasteiger partial charge in [0.15, 0.2) is 0 Å². The standard InChI is InChI=1S/C15H24/c1-11-6-5-9-15(3,4)14-10-13(11)8-7-12(14)2/h6,13-14H,2,5,7-10H2,1,3-4H3/t13-,14-/m0/s1. The van der Waals surface area contributed by atoms with Gasteiger partial charge in [-0.2, -0.15) is 0 Å². The SMILES string of the molecule is C=C1CC[C@H]2C[C@@H]1C(C)(C)CCC=C2C. The molecule has 0 heteroatoms. The van der Waals surface area contributed by atoms with E-state index in [1.54, 1.807) is 5.57 Å². The molecule has 0 amide bonds. The van der Waals surface area contributed by atoms with Crippen LogP contribution in [0.15, 0.2) is 23.8 Å².